The van der Waals surface area contributed by atoms with Crippen molar-refractivity contribution >= 4 is 5.95 Å². The Balaban J connectivity index is 1.58. The molecule has 2 heterocycles. The van der Waals surface area contributed by atoms with E-state index in [4.69, 9.17) is 0 Å². The molecule has 3 aromatic carbocycles. The zero-order valence-electron chi connectivity index (χ0n) is 17.1. The van der Waals surface area contributed by atoms with Crippen LogP contribution in [0.5, 0.6) is 0 Å². The monoisotopic (exact) mass is 393 g/mol. The van der Waals surface area contributed by atoms with Crippen molar-refractivity contribution < 1.29 is 0 Å². The number of rotatable bonds is 4. The van der Waals surface area contributed by atoms with Gasteiger partial charge in [-0.25, -0.2) is 0 Å². The van der Waals surface area contributed by atoms with Crippen LogP contribution in [0.2, 0.25) is 0 Å². The summed E-state index contributed by atoms with van der Waals surface area (Å²) in [5, 5.41) is 12.7. The normalized spacial score (nSPS) is 15.6. The SMILES string of the molecule is CC1=CC(c2ccccc2-c2cccc(C)c2)n2nnnc2N1Cc1ccccc1. The van der Waals surface area contributed by atoms with Gasteiger partial charge in [-0.3, -0.25) is 0 Å². The Morgan fingerprint density at radius 1 is 0.867 bits per heavy atom. The summed E-state index contributed by atoms with van der Waals surface area (Å²) in [7, 11) is 0. The molecule has 0 saturated heterocycles. The lowest BCUT2D eigenvalue weighted by Crippen LogP contribution is -2.30. The molecule has 0 radical (unpaired) electrons. The van der Waals surface area contributed by atoms with Crippen molar-refractivity contribution in [3.63, 3.8) is 0 Å². The predicted molar refractivity (Wildman–Crippen MR) is 119 cm³/mol. The van der Waals surface area contributed by atoms with E-state index in [2.05, 4.69) is 113 Å². The van der Waals surface area contributed by atoms with E-state index in [0.717, 1.165) is 18.2 Å². The molecule has 1 unspecified atom stereocenters. The van der Waals surface area contributed by atoms with Gasteiger partial charge in [-0.05, 0) is 52.6 Å². The maximum atomic E-state index is 4.36. The standard InChI is InChI=1S/C25H23N5/c1-18-9-8-12-21(15-18)22-13-6-7-14-23(22)24-16-19(2)29(25-26-27-28-30(24)25)17-20-10-4-3-5-11-20/h3-16,24H,17H2,1-2H3. The maximum absolute atomic E-state index is 4.36. The number of aryl methyl sites for hydroxylation is 1. The number of hydrogen-bond donors (Lipinski definition) is 0. The highest BCUT2D eigenvalue weighted by atomic mass is 15.6. The molecular formula is C25H23N5. The second-order valence-corrected chi connectivity index (χ2v) is 7.70. The molecule has 0 bridgehead atoms. The van der Waals surface area contributed by atoms with Crippen LogP contribution < -0.4 is 4.90 Å². The topological polar surface area (TPSA) is 46.8 Å². The Hall–Kier alpha value is -3.73. The largest absolute Gasteiger partial charge is 0.309 e. The smallest absolute Gasteiger partial charge is 0.250 e. The van der Waals surface area contributed by atoms with E-state index in [1.165, 1.54) is 27.8 Å². The van der Waals surface area contributed by atoms with E-state index in [9.17, 15) is 0 Å². The molecule has 148 valence electrons. The molecule has 1 aliphatic heterocycles. The predicted octanol–water partition coefficient (Wildman–Crippen LogP) is 5.16. The second kappa shape index (κ2) is 7.59. The van der Waals surface area contributed by atoms with E-state index in [-0.39, 0.29) is 6.04 Å². The van der Waals surface area contributed by atoms with Crippen LogP contribution in [-0.4, -0.2) is 20.2 Å². The molecule has 1 aromatic heterocycles. The Morgan fingerprint density at radius 3 is 2.50 bits per heavy atom. The lowest BCUT2D eigenvalue weighted by Gasteiger charge is -2.32. The first kappa shape index (κ1) is 18.3. The van der Waals surface area contributed by atoms with Crippen molar-refractivity contribution in [3.05, 3.63) is 107 Å². The quantitative estimate of drug-likeness (QED) is 0.480. The Bertz CT molecular complexity index is 1210. The number of allylic oxidation sites excluding steroid dienone is 2. The molecule has 30 heavy (non-hydrogen) atoms. The van der Waals surface area contributed by atoms with Crippen molar-refractivity contribution in [1.29, 1.82) is 0 Å². The molecule has 0 N–H and O–H groups in total. The second-order valence-electron chi connectivity index (χ2n) is 7.70. The van der Waals surface area contributed by atoms with Crippen molar-refractivity contribution in [2.75, 3.05) is 4.90 Å². The van der Waals surface area contributed by atoms with Crippen LogP contribution in [0.15, 0.2) is 90.6 Å². The fraction of sp³-hybridized carbons (Fsp3) is 0.160. The number of benzene rings is 3. The Morgan fingerprint density at radius 2 is 1.67 bits per heavy atom. The van der Waals surface area contributed by atoms with E-state index in [1.807, 2.05) is 10.7 Å². The van der Waals surface area contributed by atoms with Gasteiger partial charge in [0.15, 0.2) is 0 Å². The molecule has 4 aromatic rings. The molecule has 1 aliphatic rings. The summed E-state index contributed by atoms with van der Waals surface area (Å²) in [6.07, 6.45) is 2.25. The van der Waals surface area contributed by atoms with Crippen molar-refractivity contribution in [1.82, 2.24) is 20.2 Å². The number of hydrogen-bond acceptors (Lipinski definition) is 4. The van der Waals surface area contributed by atoms with E-state index < -0.39 is 0 Å². The third kappa shape index (κ3) is 3.28. The van der Waals surface area contributed by atoms with Crippen LogP contribution in [0.1, 0.15) is 29.7 Å². The number of anilines is 1. The maximum Gasteiger partial charge on any atom is 0.250 e. The molecule has 5 heteroatoms. The molecule has 5 nitrogen and oxygen atoms in total. The van der Waals surface area contributed by atoms with Gasteiger partial charge in [0.2, 0.25) is 0 Å². The number of nitrogens with zero attached hydrogens (tertiary/aromatic N) is 5. The van der Waals surface area contributed by atoms with E-state index in [1.54, 1.807) is 0 Å². The fourth-order valence-electron chi connectivity index (χ4n) is 4.11. The van der Waals surface area contributed by atoms with Gasteiger partial charge in [0.1, 0.15) is 6.04 Å². The van der Waals surface area contributed by atoms with Crippen LogP contribution >= 0.6 is 0 Å². The minimum absolute atomic E-state index is 0.0567. The summed E-state index contributed by atoms with van der Waals surface area (Å²) in [5.41, 5.74) is 7.21. The Kier molecular flexibility index (Phi) is 4.64. The number of fused-ring (bicyclic) bond motifs is 1. The average molecular weight is 393 g/mol. The summed E-state index contributed by atoms with van der Waals surface area (Å²) in [6.45, 7) is 4.98. The summed E-state index contributed by atoms with van der Waals surface area (Å²) >= 11 is 0. The zero-order valence-corrected chi connectivity index (χ0v) is 17.1. The molecule has 5 rings (SSSR count). The van der Waals surface area contributed by atoms with Crippen LogP contribution in [-0.2, 0) is 6.54 Å². The first-order valence-electron chi connectivity index (χ1n) is 10.1. The minimum atomic E-state index is -0.0567. The van der Waals surface area contributed by atoms with Gasteiger partial charge in [-0.1, -0.05) is 89.5 Å². The molecule has 0 spiro atoms. The highest BCUT2D eigenvalue weighted by Crippen LogP contribution is 2.37. The zero-order chi connectivity index (χ0) is 20.5. The highest BCUT2D eigenvalue weighted by Gasteiger charge is 2.29. The van der Waals surface area contributed by atoms with Crippen molar-refractivity contribution in [2.24, 2.45) is 0 Å². The number of tetrazole rings is 1. The van der Waals surface area contributed by atoms with Gasteiger partial charge < -0.3 is 4.90 Å². The summed E-state index contributed by atoms with van der Waals surface area (Å²) in [5.74, 6) is 0.767. The molecular weight excluding hydrogens is 370 g/mol. The summed E-state index contributed by atoms with van der Waals surface area (Å²) in [6, 6.07) is 27.5. The van der Waals surface area contributed by atoms with Crippen molar-refractivity contribution in [2.45, 2.75) is 26.4 Å². The highest BCUT2D eigenvalue weighted by molar-refractivity contribution is 5.69. The molecule has 0 saturated carbocycles. The van der Waals surface area contributed by atoms with Gasteiger partial charge in [0.05, 0.1) is 6.54 Å². The van der Waals surface area contributed by atoms with E-state index >= 15 is 0 Å². The molecule has 1 atom stereocenters. The summed E-state index contributed by atoms with van der Waals surface area (Å²) in [4.78, 5) is 2.17. The Labute approximate surface area is 176 Å². The van der Waals surface area contributed by atoms with Crippen LogP contribution in [0.3, 0.4) is 0 Å². The van der Waals surface area contributed by atoms with Gasteiger partial charge in [0.25, 0.3) is 5.95 Å². The van der Waals surface area contributed by atoms with Crippen molar-refractivity contribution in [3.8, 4) is 11.1 Å². The molecule has 0 aliphatic carbocycles. The molecule has 0 fully saturated rings. The first-order chi connectivity index (χ1) is 14.7. The van der Waals surface area contributed by atoms with Crippen LogP contribution in [0, 0.1) is 6.92 Å². The van der Waals surface area contributed by atoms with Crippen LogP contribution in [0.25, 0.3) is 11.1 Å². The van der Waals surface area contributed by atoms with E-state index in [0.29, 0.717) is 0 Å². The summed E-state index contributed by atoms with van der Waals surface area (Å²) < 4.78 is 1.92. The fourth-order valence-corrected chi connectivity index (χ4v) is 4.11. The molecule has 0 amide bonds. The lowest BCUT2D eigenvalue weighted by molar-refractivity contribution is 0.559. The third-order valence-electron chi connectivity index (χ3n) is 5.60. The lowest BCUT2D eigenvalue weighted by atomic mass is 9.93. The van der Waals surface area contributed by atoms with Gasteiger partial charge in [0, 0.05) is 5.70 Å². The average Bonchev–Trinajstić information content (AvgIpc) is 3.26. The first-order valence-corrected chi connectivity index (χ1v) is 10.1. The number of aromatic nitrogens is 4. The third-order valence-corrected chi connectivity index (χ3v) is 5.60. The van der Waals surface area contributed by atoms with Gasteiger partial charge in [-0.2, -0.15) is 4.68 Å². The van der Waals surface area contributed by atoms with Gasteiger partial charge in [-0.15, -0.1) is 0 Å². The van der Waals surface area contributed by atoms with Crippen LogP contribution in [0.4, 0.5) is 5.95 Å². The minimum Gasteiger partial charge on any atom is -0.309 e. The van der Waals surface area contributed by atoms with Gasteiger partial charge >= 0.3 is 0 Å².